The molecule has 0 aliphatic heterocycles. The summed E-state index contributed by atoms with van der Waals surface area (Å²) in [6.45, 7) is 0. The van der Waals surface area contributed by atoms with Crippen LogP contribution in [0.25, 0.3) is 0 Å². The lowest BCUT2D eigenvalue weighted by Crippen LogP contribution is -2.38. The summed E-state index contributed by atoms with van der Waals surface area (Å²) in [5.41, 5.74) is 0.732. The topological polar surface area (TPSA) is 132 Å². The SMILES string of the molecule is COc1cc(/N=N\c2ccccn2)ccc1N(C(=O)c1ccccc1C#N)C(=O)c1ccccc1C#N. The van der Waals surface area contributed by atoms with Gasteiger partial charge in [0.1, 0.15) is 5.75 Å². The number of carbonyl (C=O) groups excluding carboxylic acids is 2. The third kappa shape index (κ3) is 5.21. The molecule has 0 fully saturated rings. The smallest absolute Gasteiger partial charge is 0.266 e. The maximum absolute atomic E-state index is 13.8. The van der Waals surface area contributed by atoms with E-state index in [0.29, 0.717) is 11.5 Å². The number of ether oxygens (including phenoxy) is 1. The van der Waals surface area contributed by atoms with E-state index in [0.717, 1.165) is 4.90 Å². The van der Waals surface area contributed by atoms with E-state index in [4.69, 9.17) is 4.74 Å². The van der Waals surface area contributed by atoms with Crippen molar-refractivity contribution < 1.29 is 14.3 Å². The summed E-state index contributed by atoms with van der Waals surface area (Å²) in [5, 5.41) is 27.3. The molecule has 0 aliphatic carbocycles. The van der Waals surface area contributed by atoms with Gasteiger partial charge in [0, 0.05) is 12.3 Å². The van der Waals surface area contributed by atoms with Gasteiger partial charge >= 0.3 is 0 Å². The molecule has 0 bridgehead atoms. The van der Waals surface area contributed by atoms with E-state index in [1.54, 1.807) is 54.7 Å². The zero-order valence-corrected chi connectivity index (χ0v) is 19.6. The van der Waals surface area contributed by atoms with Crippen LogP contribution in [0, 0.1) is 22.7 Å². The van der Waals surface area contributed by atoms with Crippen LogP contribution in [0.2, 0.25) is 0 Å². The van der Waals surface area contributed by atoms with Crippen molar-refractivity contribution in [2.75, 3.05) is 12.0 Å². The maximum atomic E-state index is 13.8. The van der Waals surface area contributed by atoms with Crippen LogP contribution in [-0.4, -0.2) is 23.9 Å². The minimum absolute atomic E-state index is 0.0220. The highest BCUT2D eigenvalue weighted by Crippen LogP contribution is 2.35. The predicted octanol–water partition coefficient (Wildman–Crippen LogP) is 5.74. The van der Waals surface area contributed by atoms with Gasteiger partial charge in [-0.15, -0.1) is 10.2 Å². The number of carbonyl (C=O) groups is 2. The van der Waals surface area contributed by atoms with E-state index in [1.807, 2.05) is 12.1 Å². The van der Waals surface area contributed by atoms with Gasteiger partial charge in [0.25, 0.3) is 11.8 Å². The number of benzene rings is 3. The van der Waals surface area contributed by atoms with Crippen molar-refractivity contribution >= 4 is 29.0 Å². The third-order valence-corrected chi connectivity index (χ3v) is 5.28. The van der Waals surface area contributed by atoms with Crippen molar-refractivity contribution in [3.8, 4) is 17.9 Å². The van der Waals surface area contributed by atoms with Crippen LogP contribution in [0.5, 0.6) is 5.75 Å². The van der Waals surface area contributed by atoms with Gasteiger partial charge in [0.15, 0.2) is 5.82 Å². The number of nitriles is 2. The molecule has 0 aliphatic rings. The van der Waals surface area contributed by atoms with Crippen molar-refractivity contribution in [1.29, 1.82) is 10.5 Å². The Hall–Kier alpha value is -5.67. The van der Waals surface area contributed by atoms with Crippen molar-refractivity contribution in [3.63, 3.8) is 0 Å². The first-order valence-electron chi connectivity index (χ1n) is 10.9. The number of hydrogen-bond acceptors (Lipinski definition) is 8. The van der Waals surface area contributed by atoms with Gasteiger partial charge in [-0.1, -0.05) is 30.3 Å². The highest BCUT2D eigenvalue weighted by atomic mass is 16.5. The largest absolute Gasteiger partial charge is 0.494 e. The Kier molecular flexibility index (Phi) is 7.38. The number of amides is 2. The Morgan fingerprint density at radius 2 is 1.41 bits per heavy atom. The first-order chi connectivity index (χ1) is 18.1. The second kappa shape index (κ2) is 11.2. The summed E-state index contributed by atoms with van der Waals surface area (Å²) in [7, 11) is 1.39. The Bertz CT molecular complexity index is 1520. The molecule has 4 rings (SSSR count). The molecule has 3 aromatic carbocycles. The van der Waals surface area contributed by atoms with Gasteiger partial charge in [-0.05, 0) is 48.5 Å². The molecule has 9 nitrogen and oxygen atoms in total. The van der Waals surface area contributed by atoms with Gasteiger partial charge in [-0.3, -0.25) is 9.59 Å². The van der Waals surface area contributed by atoms with Crippen LogP contribution in [0.3, 0.4) is 0 Å². The van der Waals surface area contributed by atoms with E-state index in [9.17, 15) is 20.1 Å². The summed E-state index contributed by atoms with van der Waals surface area (Å²) < 4.78 is 5.51. The second-order valence-corrected chi connectivity index (χ2v) is 7.50. The van der Waals surface area contributed by atoms with Crippen molar-refractivity contribution in [3.05, 3.63) is 113 Å². The Morgan fingerprint density at radius 1 is 0.811 bits per heavy atom. The molecule has 0 radical (unpaired) electrons. The van der Waals surface area contributed by atoms with Crippen LogP contribution in [-0.2, 0) is 0 Å². The second-order valence-electron chi connectivity index (χ2n) is 7.50. The highest BCUT2D eigenvalue weighted by molar-refractivity contribution is 6.27. The highest BCUT2D eigenvalue weighted by Gasteiger charge is 2.31. The number of aromatic nitrogens is 1. The molecule has 178 valence electrons. The minimum atomic E-state index is -0.754. The number of nitrogens with zero attached hydrogens (tertiary/aromatic N) is 6. The summed E-state index contributed by atoms with van der Waals surface area (Å²) in [4.78, 5) is 32.5. The molecule has 2 amide bonds. The molecule has 0 spiro atoms. The number of hydrogen-bond donors (Lipinski definition) is 0. The molecule has 0 unspecified atom stereocenters. The number of rotatable bonds is 6. The van der Waals surface area contributed by atoms with Crippen molar-refractivity contribution in [1.82, 2.24) is 4.98 Å². The Labute approximate surface area is 212 Å². The molecule has 0 N–H and O–H groups in total. The summed E-state index contributed by atoms with van der Waals surface area (Å²) in [6, 6.07) is 26.1. The fraction of sp³-hybridized carbons (Fsp3) is 0.0357. The fourth-order valence-corrected chi connectivity index (χ4v) is 3.52. The standard InChI is InChI=1S/C28H18N6O3/c1-37-25-16-21(32-33-26-12-6-7-15-31-26)13-14-24(25)34(27(35)22-10-4-2-8-19(22)17-29)28(36)23-11-5-3-9-20(23)18-30/h2-16H,1H3/b33-32-. The molecule has 4 aromatic rings. The van der Waals surface area contributed by atoms with Crippen LogP contribution >= 0.6 is 0 Å². The van der Waals surface area contributed by atoms with Crippen LogP contribution in [0.4, 0.5) is 17.2 Å². The quantitative estimate of drug-likeness (QED) is 0.252. The van der Waals surface area contributed by atoms with E-state index in [2.05, 4.69) is 15.2 Å². The summed E-state index contributed by atoms with van der Waals surface area (Å²) in [6.07, 6.45) is 1.59. The predicted molar refractivity (Wildman–Crippen MR) is 135 cm³/mol. The van der Waals surface area contributed by atoms with Gasteiger partial charge in [0.2, 0.25) is 0 Å². The van der Waals surface area contributed by atoms with Gasteiger partial charge in [-0.2, -0.15) is 10.5 Å². The normalized spacial score (nSPS) is 10.4. The molecule has 1 aromatic heterocycles. The van der Waals surface area contributed by atoms with E-state index < -0.39 is 11.8 Å². The van der Waals surface area contributed by atoms with Crippen LogP contribution in [0.15, 0.2) is 101 Å². The Morgan fingerprint density at radius 3 is 1.95 bits per heavy atom. The Balaban J connectivity index is 1.84. The number of pyridine rings is 1. The molecule has 9 heteroatoms. The lowest BCUT2D eigenvalue weighted by molar-refractivity contribution is 0.0896. The number of imide groups is 1. The molecule has 0 saturated carbocycles. The lowest BCUT2D eigenvalue weighted by Gasteiger charge is -2.24. The fourth-order valence-electron chi connectivity index (χ4n) is 3.52. The number of anilines is 1. The zero-order valence-electron chi connectivity index (χ0n) is 19.6. The monoisotopic (exact) mass is 486 g/mol. The molecule has 0 saturated heterocycles. The van der Waals surface area contributed by atoms with Crippen LogP contribution in [0.1, 0.15) is 31.8 Å². The third-order valence-electron chi connectivity index (χ3n) is 5.28. The molecular formula is C28H18N6O3. The van der Waals surface area contributed by atoms with Crippen LogP contribution < -0.4 is 9.64 Å². The summed E-state index contributed by atoms with van der Waals surface area (Å²) in [5.74, 6) is -0.950. The first-order valence-corrected chi connectivity index (χ1v) is 10.9. The van der Waals surface area contributed by atoms with E-state index in [-0.39, 0.29) is 33.7 Å². The van der Waals surface area contributed by atoms with Gasteiger partial charge < -0.3 is 4.74 Å². The molecule has 1 heterocycles. The molecular weight excluding hydrogens is 468 g/mol. The van der Waals surface area contributed by atoms with Crippen molar-refractivity contribution in [2.45, 2.75) is 0 Å². The number of azo groups is 1. The number of methoxy groups -OCH3 is 1. The summed E-state index contributed by atoms with van der Waals surface area (Å²) >= 11 is 0. The minimum Gasteiger partial charge on any atom is -0.494 e. The average molecular weight is 486 g/mol. The first kappa shape index (κ1) is 24.5. The molecule has 37 heavy (non-hydrogen) atoms. The zero-order chi connectivity index (χ0) is 26.2. The van der Waals surface area contributed by atoms with E-state index >= 15 is 0 Å². The molecule has 0 atom stereocenters. The lowest BCUT2D eigenvalue weighted by atomic mass is 10.0. The van der Waals surface area contributed by atoms with E-state index in [1.165, 1.54) is 43.5 Å². The average Bonchev–Trinajstić information content (AvgIpc) is 2.96. The van der Waals surface area contributed by atoms with Gasteiger partial charge in [-0.25, -0.2) is 9.88 Å². The maximum Gasteiger partial charge on any atom is 0.266 e. The van der Waals surface area contributed by atoms with Gasteiger partial charge in [0.05, 0.1) is 52.9 Å². The van der Waals surface area contributed by atoms with Crippen molar-refractivity contribution in [2.24, 2.45) is 10.2 Å².